The number of carbonyl (C=O) groups excluding carboxylic acids is 3. The number of hydrogen-bond acceptors (Lipinski definition) is 8. The predicted octanol–water partition coefficient (Wildman–Crippen LogP) is 4.44. The molecule has 4 N–H and O–H groups in total. The molecule has 3 amide bonds. The number of alkyl carbamates (subject to hydrolysis) is 1. The van der Waals surface area contributed by atoms with Crippen LogP contribution in [0.15, 0.2) is 96.0 Å². The van der Waals surface area contributed by atoms with Crippen molar-refractivity contribution in [2.45, 2.75) is 38.7 Å². The summed E-state index contributed by atoms with van der Waals surface area (Å²) in [6.07, 6.45) is -2.96. The topological polar surface area (TPSA) is 170 Å². The highest BCUT2D eigenvalue weighted by Crippen LogP contribution is 2.09. The molecule has 0 spiro atoms. The number of nitrogens with one attached hydrogen (secondary N) is 1. The number of guanidine groups is 1. The van der Waals surface area contributed by atoms with Crippen molar-refractivity contribution in [2.75, 3.05) is 6.54 Å². The maximum atomic E-state index is 12.8. The van der Waals surface area contributed by atoms with Crippen molar-refractivity contribution in [2.24, 2.45) is 10.7 Å². The fourth-order valence-corrected chi connectivity index (χ4v) is 3.55. The van der Waals surface area contributed by atoms with Gasteiger partial charge in [-0.15, -0.1) is 4.90 Å². The molecule has 42 heavy (non-hydrogen) atoms. The van der Waals surface area contributed by atoms with Gasteiger partial charge >= 0.3 is 24.2 Å². The van der Waals surface area contributed by atoms with Gasteiger partial charge < -0.3 is 30.4 Å². The van der Waals surface area contributed by atoms with Gasteiger partial charge in [0.05, 0.1) is 0 Å². The molecule has 0 bridgehead atoms. The lowest BCUT2D eigenvalue weighted by molar-refractivity contribution is -0.139. The number of aliphatic carboxylic acids is 1. The molecule has 3 aromatic carbocycles. The highest BCUT2D eigenvalue weighted by atomic mass is 16.6. The molecule has 0 radical (unpaired) electrons. The lowest BCUT2D eigenvalue weighted by atomic mass is 10.1. The minimum Gasteiger partial charge on any atom is -0.480 e. The van der Waals surface area contributed by atoms with Gasteiger partial charge in [0.25, 0.3) is 0 Å². The first-order valence-corrected chi connectivity index (χ1v) is 13.0. The van der Waals surface area contributed by atoms with Crippen LogP contribution in [0.3, 0.4) is 0 Å². The quantitative estimate of drug-likeness (QED) is 0.122. The number of rotatable bonds is 12. The summed E-state index contributed by atoms with van der Waals surface area (Å²) in [6.45, 7) is -0.329. The number of ether oxygens (including phenoxy) is 3. The number of carboxylic acids is 1. The van der Waals surface area contributed by atoms with Crippen molar-refractivity contribution in [1.82, 2.24) is 10.2 Å². The van der Waals surface area contributed by atoms with Crippen molar-refractivity contribution < 1.29 is 38.5 Å². The Bertz CT molecular complexity index is 1280. The first-order valence-electron chi connectivity index (χ1n) is 13.0. The number of carbonyl (C=O) groups is 4. The van der Waals surface area contributed by atoms with Gasteiger partial charge in [0.1, 0.15) is 25.9 Å². The molecule has 1 unspecified atom stereocenters. The second kappa shape index (κ2) is 16.7. The number of amides is 3. The number of nitrogens with zero attached hydrogens (tertiary/aromatic N) is 2. The molecule has 0 heterocycles. The van der Waals surface area contributed by atoms with Crippen molar-refractivity contribution in [3.8, 4) is 0 Å². The third-order valence-electron chi connectivity index (χ3n) is 5.73. The summed E-state index contributed by atoms with van der Waals surface area (Å²) < 4.78 is 15.6. The largest absolute Gasteiger partial charge is 0.480 e. The fraction of sp³-hybridized carbons (Fsp3) is 0.233. The van der Waals surface area contributed by atoms with Gasteiger partial charge in [-0.2, -0.15) is 0 Å². The molecular formula is C30H32N4O8. The predicted molar refractivity (Wildman–Crippen MR) is 152 cm³/mol. The Hall–Kier alpha value is -5.39. The Morgan fingerprint density at radius 3 is 1.60 bits per heavy atom. The number of hydrogen-bond donors (Lipinski definition) is 3. The van der Waals surface area contributed by atoms with E-state index in [0.29, 0.717) is 16.0 Å². The summed E-state index contributed by atoms with van der Waals surface area (Å²) >= 11 is 0. The van der Waals surface area contributed by atoms with E-state index >= 15 is 0 Å². The second-order valence-corrected chi connectivity index (χ2v) is 8.89. The van der Waals surface area contributed by atoms with Crippen LogP contribution in [0.4, 0.5) is 14.4 Å². The highest BCUT2D eigenvalue weighted by molar-refractivity contribution is 6.07. The summed E-state index contributed by atoms with van der Waals surface area (Å²) in [7, 11) is 0. The van der Waals surface area contributed by atoms with E-state index in [-0.39, 0.29) is 39.2 Å². The maximum absolute atomic E-state index is 12.8. The lowest BCUT2D eigenvalue weighted by Crippen LogP contribution is -2.46. The van der Waals surface area contributed by atoms with Crippen LogP contribution in [-0.4, -0.2) is 52.8 Å². The molecule has 0 aliphatic carbocycles. The maximum Gasteiger partial charge on any atom is 0.426 e. The van der Waals surface area contributed by atoms with Crippen LogP contribution in [-0.2, 0) is 38.8 Å². The van der Waals surface area contributed by atoms with Crippen LogP contribution >= 0.6 is 0 Å². The Morgan fingerprint density at radius 2 is 1.17 bits per heavy atom. The molecule has 12 nitrogen and oxygen atoms in total. The van der Waals surface area contributed by atoms with E-state index in [4.69, 9.17) is 19.9 Å². The fourth-order valence-electron chi connectivity index (χ4n) is 3.55. The average Bonchev–Trinajstić information content (AvgIpc) is 3.01. The van der Waals surface area contributed by atoms with Gasteiger partial charge in [-0.3, -0.25) is 4.99 Å². The molecule has 0 aliphatic heterocycles. The van der Waals surface area contributed by atoms with E-state index in [1.165, 1.54) is 0 Å². The average molecular weight is 577 g/mol. The number of nitrogens with two attached hydrogens (primary N) is 1. The number of imide groups is 1. The number of carboxylic acid groups (broad SMARTS) is 1. The zero-order valence-electron chi connectivity index (χ0n) is 22.8. The SMILES string of the molecule is NC(=NCCCC(NC(=O)OCc1ccccc1)C(=O)O)N(C(=O)OCc1ccccc1)C(=O)OCc1ccccc1. The van der Waals surface area contributed by atoms with Gasteiger partial charge in [-0.25, -0.2) is 19.2 Å². The molecule has 0 saturated carbocycles. The second-order valence-electron chi connectivity index (χ2n) is 8.89. The van der Waals surface area contributed by atoms with Crippen LogP contribution in [0.5, 0.6) is 0 Å². The third-order valence-corrected chi connectivity index (χ3v) is 5.73. The van der Waals surface area contributed by atoms with Gasteiger partial charge in [0, 0.05) is 6.54 Å². The monoisotopic (exact) mass is 576 g/mol. The van der Waals surface area contributed by atoms with Gasteiger partial charge in [0.15, 0.2) is 0 Å². The standard InChI is InChI=1S/C30H32N4O8/c31-27(32-18-10-17-25(26(35)36)33-28(37)40-19-22-11-4-1-5-12-22)34(29(38)41-20-23-13-6-2-7-14-23)30(39)42-21-24-15-8-3-9-16-24/h1-9,11-16,25H,10,17-21H2,(H2,31,32)(H,33,37)(H,35,36). The molecule has 0 aromatic heterocycles. The Morgan fingerprint density at radius 1 is 0.738 bits per heavy atom. The summed E-state index contributed by atoms with van der Waals surface area (Å²) in [6, 6.07) is 25.3. The first-order chi connectivity index (χ1) is 20.3. The van der Waals surface area contributed by atoms with Crippen LogP contribution in [0, 0.1) is 0 Å². The Balaban J connectivity index is 1.57. The molecule has 220 valence electrons. The van der Waals surface area contributed by atoms with Crippen LogP contribution in [0.2, 0.25) is 0 Å². The smallest absolute Gasteiger partial charge is 0.426 e. The number of benzene rings is 3. The van der Waals surface area contributed by atoms with Gasteiger partial charge in [-0.05, 0) is 29.5 Å². The zero-order chi connectivity index (χ0) is 30.2. The van der Waals surface area contributed by atoms with Gasteiger partial charge in [0.2, 0.25) is 5.96 Å². The normalized spacial score (nSPS) is 11.6. The van der Waals surface area contributed by atoms with E-state index in [9.17, 15) is 24.3 Å². The summed E-state index contributed by atoms with van der Waals surface area (Å²) in [4.78, 5) is 53.9. The highest BCUT2D eigenvalue weighted by Gasteiger charge is 2.29. The molecule has 3 rings (SSSR count). The molecule has 12 heteroatoms. The van der Waals surface area contributed by atoms with E-state index < -0.39 is 36.3 Å². The third kappa shape index (κ3) is 10.6. The van der Waals surface area contributed by atoms with E-state index in [0.717, 1.165) is 5.56 Å². The lowest BCUT2D eigenvalue weighted by Gasteiger charge is -2.19. The van der Waals surface area contributed by atoms with Crippen molar-refractivity contribution in [1.29, 1.82) is 0 Å². The summed E-state index contributed by atoms with van der Waals surface area (Å²) in [5, 5.41) is 11.8. The van der Waals surface area contributed by atoms with E-state index in [1.54, 1.807) is 84.9 Å². The van der Waals surface area contributed by atoms with Crippen LogP contribution in [0.1, 0.15) is 29.5 Å². The minimum atomic E-state index is -1.26. The molecule has 0 fully saturated rings. The van der Waals surface area contributed by atoms with Crippen molar-refractivity contribution >= 4 is 30.2 Å². The number of aliphatic imine (C=N–C) groups is 1. The van der Waals surface area contributed by atoms with E-state index in [2.05, 4.69) is 10.3 Å². The minimum absolute atomic E-state index is 0.0174. The van der Waals surface area contributed by atoms with E-state index in [1.807, 2.05) is 6.07 Å². The first kappa shape index (κ1) is 31.1. The molecule has 3 aromatic rings. The molecule has 1 atom stereocenters. The molecular weight excluding hydrogens is 544 g/mol. The van der Waals surface area contributed by atoms with Gasteiger partial charge in [-0.1, -0.05) is 91.0 Å². The molecule has 0 aliphatic rings. The Kier molecular flexibility index (Phi) is 12.3. The Labute approximate surface area is 242 Å². The van der Waals surface area contributed by atoms with Crippen LogP contribution in [0.25, 0.3) is 0 Å². The molecule has 0 saturated heterocycles. The van der Waals surface area contributed by atoms with Crippen molar-refractivity contribution in [3.05, 3.63) is 108 Å². The van der Waals surface area contributed by atoms with Crippen molar-refractivity contribution in [3.63, 3.8) is 0 Å². The summed E-state index contributed by atoms with van der Waals surface area (Å²) in [5.74, 6) is -1.76. The zero-order valence-corrected chi connectivity index (χ0v) is 22.8. The van der Waals surface area contributed by atoms with Crippen LogP contribution < -0.4 is 11.1 Å². The summed E-state index contributed by atoms with van der Waals surface area (Å²) in [5.41, 5.74) is 8.10.